The van der Waals surface area contributed by atoms with Gasteiger partial charge in [-0.05, 0) is 82.1 Å². The number of hydrogen-bond donors (Lipinski definition) is 1. The summed E-state index contributed by atoms with van der Waals surface area (Å²) in [5.74, 6) is -1.23. The van der Waals surface area contributed by atoms with Crippen molar-refractivity contribution in [3.63, 3.8) is 0 Å². The molecule has 0 radical (unpaired) electrons. The first-order chi connectivity index (χ1) is 16.6. The molecule has 0 aliphatic carbocycles. The Balaban J connectivity index is 1.60. The summed E-state index contributed by atoms with van der Waals surface area (Å²) in [6.07, 6.45) is 2.32. The third kappa shape index (κ3) is 5.85. The maximum absolute atomic E-state index is 13.5. The van der Waals surface area contributed by atoms with Gasteiger partial charge in [-0.2, -0.15) is 5.10 Å². The maximum Gasteiger partial charge on any atom is 0.410 e. The van der Waals surface area contributed by atoms with Crippen LogP contribution in [0.5, 0.6) is 0 Å². The summed E-state index contributed by atoms with van der Waals surface area (Å²) in [5.41, 5.74) is 1.55. The fourth-order valence-corrected chi connectivity index (χ4v) is 4.11. The Labute approximate surface area is 202 Å². The number of nitrogens with one attached hydrogen (secondary N) is 1. The second kappa shape index (κ2) is 9.85. The van der Waals surface area contributed by atoms with Gasteiger partial charge in [0.15, 0.2) is 0 Å². The second-order valence-corrected chi connectivity index (χ2v) is 9.53. The molecule has 184 valence electrons. The molecule has 2 amide bonds. The van der Waals surface area contributed by atoms with Gasteiger partial charge in [0.05, 0.1) is 23.1 Å². The van der Waals surface area contributed by atoms with Gasteiger partial charge < -0.3 is 15.0 Å². The highest BCUT2D eigenvalue weighted by Gasteiger charge is 2.32. The van der Waals surface area contributed by atoms with E-state index in [1.807, 2.05) is 20.8 Å². The summed E-state index contributed by atoms with van der Waals surface area (Å²) < 4.78 is 33.9. The summed E-state index contributed by atoms with van der Waals surface area (Å²) in [6.45, 7) is 6.40. The van der Waals surface area contributed by atoms with Crippen LogP contribution in [0.1, 0.15) is 55.6 Å². The molecule has 0 spiro atoms. The van der Waals surface area contributed by atoms with Crippen molar-refractivity contribution in [3.8, 4) is 5.69 Å². The van der Waals surface area contributed by atoms with Crippen molar-refractivity contribution in [1.82, 2.24) is 14.7 Å². The van der Waals surface area contributed by atoms with Crippen molar-refractivity contribution in [2.45, 2.75) is 45.1 Å². The zero-order valence-corrected chi connectivity index (χ0v) is 19.9. The summed E-state index contributed by atoms with van der Waals surface area (Å²) in [5, 5.41) is 7.23. The Hall–Kier alpha value is -3.75. The lowest BCUT2D eigenvalue weighted by Crippen LogP contribution is -2.41. The highest BCUT2D eigenvalue weighted by molar-refractivity contribution is 6.05. The molecule has 7 nitrogen and oxygen atoms in total. The van der Waals surface area contributed by atoms with Crippen molar-refractivity contribution in [2.24, 2.45) is 0 Å². The molecule has 1 aliphatic rings. The number of halogens is 2. The van der Waals surface area contributed by atoms with Crippen LogP contribution in [0.15, 0.2) is 54.7 Å². The van der Waals surface area contributed by atoms with Gasteiger partial charge in [-0.15, -0.1) is 0 Å². The first-order valence-corrected chi connectivity index (χ1v) is 11.5. The molecule has 1 aromatic heterocycles. The van der Waals surface area contributed by atoms with Crippen molar-refractivity contribution in [1.29, 1.82) is 0 Å². The number of rotatable bonds is 4. The van der Waals surface area contributed by atoms with E-state index in [4.69, 9.17) is 4.74 Å². The van der Waals surface area contributed by atoms with E-state index in [1.165, 1.54) is 42.6 Å². The molecule has 4 rings (SSSR count). The minimum Gasteiger partial charge on any atom is -0.444 e. The first-order valence-electron chi connectivity index (χ1n) is 11.5. The Morgan fingerprint density at radius 3 is 2.11 bits per heavy atom. The zero-order valence-electron chi connectivity index (χ0n) is 19.9. The van der Waals surface area contributed by atoms with Crippen LogP contribution in [-0.2, 0) is 4.74 Å². The summed E-state index contributed by atoms with van der Waals surface area (Å²) in [7, 11) is 0. The van der Waals surface area contributed by atoms with Gasteiger partial charge in [0.2, 0.25) is 0 Å². The lowest BCUT2D eigenvalue weighted by molar-refractivity contribution is 0.0203. The van der Waals surface area contributed by atoms with Crippen LogP contribution < -0.4 is 5.32 Å². The number of aromatic nitrogens is 2. The van der Waals surface area contributed by atoms with Gasteiger partial charge in [0.1, 0.15) is 17.2 Å². The first kappa shape index (κ1) is 24.4. The second-order valence-electron chi connectivity index (χ2n) is 9.53. The van der Waals surface area contributed by atoms with E-state index < -0.39 is 11.4 Å². The van der Waals surface area contributed by atoms with Crippen LogP contribution in [0.4, 0.5) is 19.3 Å². The third-order valence-corrected chi connectivity index (χ3v) is 5.76. The van der Waals surface area contributed by atoms with Crippen LogP contribution in [-0.4, -0.2) is 45.4 Å². The number of piperidine rings is 1. The van der Waals surface area contributed by atoms with Crippen molar-refractivity contribution in [3.05, 3.63) is 77.6 Å². The van der Waals surface area contributed by atoms with Crippen LogP contribution in [0.2, 0.25) is 0 Å². The summed E-state index contributed by atoms with van der Waals surface area (Å²) in [4.78, 5) is 27.3. The number of nitrogens with zero attached hydrogens (tertiary/aromatic N) is 3. The Kier molecular flexibility index (Phi) is 6.86. The van der Waals surface area contributed by atoms with Crippen LogP contribution >= 0.6 is 0 Å². The smallest absolute Gasteiger partial charge is 0.410 e. The highest BCUT2D eigenvalue weighted by Crippen LogP contribution is 2.33. The fraction of sp³-hybridized carbons (Fsp3) is 0.346. The SMILES string of the molecule is CC(C)(C)OC(=O)N1CCC(c2c(C(=O)Nc3ccc(F)cc3)cnn2-c2ccc(F)cc2)CC1. The normalized spacial score (nSPS) is 14.6. The zero-order chi connectivity index (χ0) is 25.2. The number of likely N-dealkylation sites (tertiary alicyclic amines) is 1. The lowest BCUT2D eigenvalue weighted by atomic mass is 9.90. The number of benzene rings is 2. The van der Waals surface area contributed by atoms with Gasteiger partial charge in [-0.25, -0.2) is 18.3 Å². The molecule has 3 aromatic rings. The topological polar surface area (TPSA) is 76.5 Å². The molecular weight excluding hydrogens is 454 g/mol. The van der Waals surface area contributed by atoms with Crippen LogP contribution in [0, 0.1) is 11.6 Å². The maximum atomic E-state index is 13.5. The van der Waals surface area contributed by atoms with Gasteiger partial charge in [0.25, 0.3) is 5.91 Å². The minimum absolute atomic E-state index is 0.0739. The van der Waals surface area contributed by atoms with Crippen molar-refractivity contribution in [2.75, 3.05) is 18.4 Å². The van der Waals surface area contributed by atoms with Gasteiger partial charge in [-0.3, -0.25) is 4.79 Å². The van der Waals surface area contributed by atoms with E-state index in [9.17, 15) is 18.4 Å². The average molecular weight is 483 g/mol. The molecule has 2 aromatic carbocycles. The monoisotopic (exact) mass is 482 g/mol. The molecule has 1 fully saturated rings. The Morgan fingerprint density at radius 1 is 0.971 bits per heavy atom. The number of ether oxygens (including phenoxy) is 1. The molecule has 35 heavy (non-hydrogen) atoms. The molecule has 2 heterocycles. The largest absolute Gasteiger partial charge is 0.444 e. The molecule has 1 aliphatic heterocycles. The third-order valence-electron chi connectivity index (χ3n) is 5.76. The standard InChI is InChI=1S/C26H28F2N4O3/c1-26(2,3)35-25(34)31-14-12-17(13-15-31)23-22(24(33)30-20-8-4-18(27)5-9-20)16-29-32(23)21-10-6-19(28)7-11-21/h4-11,16-17H,12-15H2,1-3H3,(H,30,33). The number of amides is 2. The van der Waals surface area contributed by atoms with Gasteiger partial charge in [0, 0.05) is 24.7 Å². The highest BCUT2D eigenvalue weighted by atomic mass is 19.1. The Morgan fingerprint density at radius 2 is 1.54 bits per heavy atom. The number of hydrogen-bond acceptors (Lipinski definition) is 4. The van der Waals surface area contributed by atoms with Crippen LogP contribution in [0.25, 0.3) is 5.69 Å². The van der Waals surface area contributed by atoms with Crippen LogP contribution in [0.3, 0.4) is 0 Å². The van der Waals surface area contributed by atoms with E-state index >= 15 is 0 Å². The minimum atomic E-state index is -0.583. The van der Waals surface area contributed by atoms with Crippen molar-refractivity contribution < 1.29 is 23.1 Å². The lowest BCUT2D eigenvalue weighted by Gasteiger charge is -2.34. The molecular formula is C26H28F2N4O3. The average Bonchev–Trinajstić information content (AvgIpc) is 3.25. The molecule has 0 unspecified atom stereocenters. The summed E-state index contributed by atoms with van der Waals surface area (Å²) >= 11 is 0. The predicted molar refractivity (Wildman–Crippen MR) is 128 cm³/mol. The Bertz CT molecular complexity index is 1190. The molecule has 0 atom stereocenters. The van der Waals surface area contributed by atoms with Gasteiger partial charge >= 0.3 is 6.09 Å². The molecule has 1 N–H and O–H groups in total. The molecule has 0 saturated carbocycles. The molecule has 9 heteroatoms. The van der Waals surface area contributed by atoms with E-state index in [0.29, 0.717) is 48.6 Å². The van der Waals surface area contributed by atoms with E-state index in [0.717, 1.165) is 0 Å². The van der Waals surface area contributed by atoms with Crippen molar-refractivity contribution >= 4 is 17.7 Å². The number of carbonyl (C=O) groups excluding carboxylic acids is 2. The number of carbonyl (C=O) groups is 2. The molecule has 1 saturated heterocycles. The summed E-state index contributed by atoms with van der Waals surface area (Å²) in [6, 6.07) is 11.4. The van der Waals surface area contributed by atoms with E-state index in [-0.39, 0.29) is 23.7 Å². The van der Waals surface area contributed by atoms with E-state index in [1.54, 1.807) is 21.7 Å². The molecule has 0 bridgehead atoms. The van der Waals surface area contributed by atoms with Gasteiger partial charge in [-0.1, -0.05) is 0 Å². The fourth-order valence-electron chi connectivity index (χ4n) is 4.11. The quantitative estimate of drug-likeness (QED) is 0.532. The number of anilines is 1. The van der Waals surface area contributed by atoms with E-state index in [2.05, 4.69) is 10.4 Å². The predicted octanol–water partition coefficient (Wildman–Crippen LogP) is 5.52.